The summed E-state index contributed by atoms with van der Waals surface area (Å²) in [5.74, 6) is -0.963. The molecule has 0 radical (unpaired) electrons. The van der Waals surface area contributed by atoms with Gasteiger partial charge in [-0.25, -0.2) is 4.79 Å². The van der Waals surface area contributed by atoms with Crippen LogP contribution in [0.25, 0.3) is 0 Å². The highest BCUT2D eigenvalue weighted by molar-refractivity contribution is 5.80. The topological polar surface area (TPSA) is 54.4 Å². The average Bonchev–Trinajstić information content (AvgIpc) is 2.39. The Labute approximate surface area is 113 Å². The third-order valence-corrected chi connectivity index (χ3v) is 1.65. The van der Waals surface area contributed by atoms with Crippen LogP contribution in [-0.2, 0) is 9.59 Å². The van der Waals surface area contributed by atoms with Crippen molar-refractivity contribution in [3.05, 3.63) is 85.1 Å². The second-order valence-electron chi connectivity index (χ2n) is 3.14. The van der Waals surface area contributed by atoms with Crippen LogP contribution in [0.3, 0.4) is 0 Å². The quantitative estimate of drug-likeness (QED) is 0.412. The van der Waals surface area contributed by atoms with Crippen LogP contribution >= 0.6 is 0 Å². The van der Waals surface area contributed by atoms with E-state index in [0.29, 0.717) is 0 Å². The Bertz CT molecular complexity index is 458. The highest BCUT2D eigenvalue weighted by Gasteiger charge is 1.78. The van der Waals surface area contributed by atoms with Crippen LogP contribution in [0.2, 0.25) is 0 Å². The lowest BCUT2D eigenvalue weighted by Crippen LogP contribution is -1.84. The van der Waals surface area contributed by atoms with Crippen molar-refractivity contribution in [2.75, 3.05) is 0 Å². The third-order valence-electron chi connectivity index (χ3n) is 1.65. The number of carboxylic acids is 1. The summed E-state index contributed by atoms with van der Waals surface area (Å²) in [7, 11) is 0. The maximum atomic E-state index is 10.1. The Morgan fingerprint density at radius 2 is 0.895 bits per heavy atom. The van der Waals surface area contributed by atoms with Gasteiger partial charge in [0.25, 0.3) is 0 Å². The number of allylic oxidation sites excluding steroid dienone is 13. The van der Waals surface area contributed by atoms with Crippen LogP contribution in [0.1, 0.15) is 0 Å². The van der Waals surface area contributed by atoms with E-state index in [0.717, 1.165) is 12.4 Å². The third kappa shape index (κ3) is 15.3. The zero-order valence-corrected chi connectivity index (χ0v) is 10.4. The van der Waals surface area contributed by atoms with Gasteiger partial charge in [0.2, 0.25) is 0 Å². The van der Waals surface area contributed by atoms with E-state index in [9.17, 15) is 9.59 Å². The highest BCUT2D eigenvalue weighted by Crippen LogP contribution is 1.85. The van der Waals surface area contributed by atoms with Crippen LogP contribution in [0.4, 0.5) is 0 Å². The summed E-state index contributed by atoms with van der Waals surface area (Å²) < 4.78 is 0. The number of carboxylic acid groups (broad SMARTS) is 1. The van der Waals surface area contributed by atoms with E-state index < -0.39 is 5.97 Å². The lowest BCUT2D eigenvalue weighted by molar-refractivity contribution is -0.131. The fourth-order valence-electron chi connectivity index (χ4n) is 0.889. The Morgan fingerprint density at radius 1 is 0.579 bits per heavy atom. The molecule has 0 rings (SSSR count). The van der Waals surface area contributed by atoms with Gasteiger partial charge in [-0.3, -0.25) is 4.79 Å². The minimum atomic E-state index is -0.963. The monoisotopic (exact) mass is 256 g/mol. The number of rotatable bonds is 8. The minimum Gasteiger partial charge on any atom is -0.478 e. The van der Waals surface area contributed by atoms with Crippen LogP contribution in [0, 0.1) is 0 Å². The molecule has 0 aromatic carbocycles. The van der Waals surface area contributed by atoms with Crippen molar-refractivity contribution in [3.63, 3.8) is 0 Å². The van der Waals surface area contributed by atoms with Gasteiger partial charge in [-0.15, -0.1) is 0 Å². The first-order valence-electron chi connectivity index (χ1n) is 5.62. The molecule has 0 amide bonds. The number of carbonyl (C=O) groups excluding carboxylic acids is 1. The summed E-state index contributed by atoms with van der Waals surface area (Å²) in [6.07, 6.45) is 24.2. The molecule has 0 aromatic heterocycles. The zero-order valence-electron chi connectivity index (χ0n) is 10.4. The van der Waals surface area contributed by atoms with E-state index in [-0.39, 0.29) is 0 Å². The van der Waals surface area contributed by atoms with Crippen molar-refractivity contribution in [2.45, 2.75) is 0 Å². The van der Waals surface area contributed by atoms with Gasteiger partial charge in [0.15, 0.2) is 0 Å². The molecular weight excluding hydrogens is 240 g/mol. The molecule has 0 fully saturated rings. The van der Waals surface area contributed by atoms with Gasteiger partial charge in [0.05, 0.1) is 0 Å². The van der Waals surface area contributed by atoms with E-state index in [4.69, 9.17) is 5.11 Å². The lowest BCUT2D eigenvalue weighted by atomic mass is 10.3. The predicted molar refractivity (Wildman–Crippen MR) is 77.7 cm³/mol. The lowest BCUT2D eigenvalue weighted by Gasteiger charge is -1.75. The highest BCUT2D eigenvalue weighted by atomic mass is 16.4. The van der Waals surface area contributed by atoms with Gasteiger partial charge < -0.3 is 5.11 Å². The average molecular weight is 256 g/mol. The molecule has 1 N–H and O–H groups in total. The van der Waals surface area contributed by atoms with Crippen molar-refractivity contribution in [3.8, 4) is 0 Å². The van der Waals surface area contributed by atoms with Gasteiger partial charge in [-0.2, -0.15) is 0 Å². The van der Waals surface area contributed by atoms with Crippen LogP contribution in [0.15, 0.2) is 85.1 Å². The summed E-state index contributed by atoms with van der Waals surface area (Å²) in [4.78, 5) is 20.1. The van der Waals surface area contributed by atoms with Crippen molar-refractivity contribution in [2.24, 2.45) is 0 Å². The molecule has 98 valence electrons. The number of carbonyl (C=O) groups is 2. The minimum absolute atomic E-state index is 0.720. The summed E-state index contributed by atoms with van der Waals surface area (Å²) in [6.45, 7) is 0. The molecule has 0 aliphatic rings. The SMILES string of the molecule is O=C/C=C/C=C/C=C/C=C/C=C/C=C/C=C/C(=O)O. The van der Waals surface area contributed by atoms with Gasteiger partial charge >= 0.3 is 5.97 Å². The summed E-state index contributed by atoms with van der Waals surface area (Å²) in [6, 6.07) is 0. The first kappa shape index (κ1) is 16.3. The Morgan fingerprint density at radius 3 is 1.21 bits per heavy atom. The molecule has 0 aliphatic heterocycles. The molecule has 0 heterocycles. The Kier molecular flexibility index (Phi) is 11.5. The number of hydrogen-bond acceptors (Lipinski definition) is 2. The molecule has 3 nitrogen and oxygen atoms in total. The van der Waals surface area contributed by atoms with Crippen molar-refractivity contribution < 1.29 is 14.7 Å². The summed E-state index contributed by atoms with van der Waals surface area (Å²) in [5, 5.41) is 8.32. The second-order valence-corrected chi connectivity index (χ2v) is 3.14. The maximum Gasteiger partial charge on any atom is 0.328 e. The first-order valence-corrected chi connectivity index (χ1v) is 5.62. The summed E-state index contributed by atoms with van der Waals surface area (Å²) >= 11 is 0. The van der Waals surface area contributed by atoms with Gasteiger partial charge in [-0.05, 0) is 6.08 Å². The molecule has 0 aliphatic carbocycles. The van der Waals surface area contributed by atoms with E-state index in [1.54, 1.807) is 30.4 Å². The largest absolute Gasteiger partial charge is 0.478 e. The van der Waals surface area contributed by atoms with Crippen LogP contribution < -0.4 is 0 Å². The van der Waals surface area contributed by atoms with Gasteiger partial charge in [0, 0.05) is 6.08 Å². The van der Waals surface area contributed by atoms with Crippen molar-refractivity contribution in [1.82, 2.24) is 0 Å². The molecule has 0 aromatic rings. The number of aliphatic carboxylic acids is 1. The molecule has 19 heavy (non-hydrogen) atoms. The molecule has 0 saturated heterocycles. The smallest absolute Gasteiger partial charge is 0.328 e. The number of aldehydes is 1. The Hall–Kier alpha value is -2.68. The molecule has 0 spiro atoms. The van der Waals surface area contributed by atoms with Gasteiger partial charge in [0.1, 0.15) is 6.29 Å². The van der Waals surface area contributed by atoms with E-state index in [1.165, 1.54) is 12.2 Å². The molecule has 0 unspecified atom stereocenters. The Balaban J connectivity index is 3.87. The molecule has 0 atom stereocenters. The predicted octanol–water partition coefficient (Wildman–Crippen LogP) is 3.16. The summed E-state index contributed by atoms with van der Waals surface area (Å²) in [5.41, 5.74) is 0. The fourth-order valence-corrected chi connectivity index (χ4v) is 0.889. The van der Waals surface area contributed by atoms with E-state index in [2.05, 4.69) is 0 Å². The molecule has 3 heteroatoms. The van der Waals surface area contributed by atoms with E-state index >= 15 is 0 Å². The van der Waals surface area contributed by atoms with Crippen LogP contribution in [-0.4, -0.2) is 17.4 Å². The van der Waals surface area contributed by atoms with Crippen molar-refractivity contribution in [1.29, 1.82) is 0 Å². The van der Waals surface area contributed by atoms with Gasteiger partial charge in [-0.1, -0.05) is 72.9 Å². The molecule has 0 bridgehead atoms. The van der Waals surface area contributed by atoms with E-state index in [1.807, 2.05) is 36.5 Å². The van der Waals surface area contributed by atoms with Crippen LogP contribution in [0.5, 0.6) is 0 Å². The zero-order chi connectivity index (χ0) is 14.2. The molecular formula is C16H16O3. The normalized spacial score (nSPS) is 13.5. The maximum absolute atomic E-state index is 10.1. The number of hydrogen-bond donors (Lipinski definition) is 1. The second kappa shape index (κ2) is 13.4. The van der Waals surface area contributed by atoms with Crippen molar-refractivity contribution >= 4 is 12.3 Å². The molecule has 0 saturated carbocycles. The first-order chi connectivity index (χ1) is 9.27. The fraction of sp³-hybridized carbons (Fsp3) is 0. The standard InChI is InChI=1S/C16H16O3/c17-15-13-11-9-7-5-3-1-2-4-6-8-10-12-14-16(18)19/h1-15H,(H,18,19)/b2-1+,5-3+,6-4+,9-7+,10-8+,13-11+,14-12+.